The van der Waals surface area contributed by atoms with Crippen molar-refractivity contribution in [1.29, 1.82) is 0 Å². The molecular weight excluding hydrogens is 258 g/mol. The van der Waals surface area contributed by atoms with E-state index in [-0.39, 0.29) is 12.3 Å². The number of nitrogens with zero attached hydrogens (tertiary/aromatic N) is 3. The average molecular weight is 273 g/mol. The third-order valence-electron chi connectivity index (χ3n) is 2.96. The highest BCUT2D eigenvalue weighted by molar-refractivity contribution is 5.64. The van der Waals surface area contributed by atoms with Crippen LogP contribution in [0, 0.1) is 10.1 Å². The number of aliphatic hydroxyl groups is 1. The maximum absolute atomic E-state index is 11.1. The Balaban J connectivity index is 2.29. The molecule has 1 heterocycles. The number of hydrogen-bond donors (Lipinski definition) is 1. The number of aliphatic hydroxyl groups excluding tert-OH is 1. The van der Waals surface area contributed by atoms with Crippen molar-refractivity contribution in [3.05, 3.63) is 64.0 Å². The smallest absolute Gasteiger partial charge is 0.292 e. The first-order valence-corrected chi connectivity index (χ1v) is 6.11. The molecule has 2 rings (SSSR count). The minimum atomic E-state index is -0.441. The second-order valence-corrected chi connectivity index (χ2v) is 4.42. The largest absolute Gasteiger partial charge is 0.392 e. The Kier molecular flexibility index (Phi) is 4.27. The number of pyridine rings is 1. The molecule has 0 spiro atoms. The summed E-state index contributed by atoms with van der Waals surface area (Å²) in [6.07, 6.45) is 1.69. The van der Waals surface area contributed by atoms with Gasteiger partial charge in [0.1, 0.15) is 5.69 Å². The van der Waals surface area contributed by atoms with Crippen LogP contribution in [0.1, 0.15) is 11.3 Å². The van der Waals surface area contributed by atoms with Gasteiger partial charge in [-0.15, -0.1) is 0 Å². The number of nitro groups is 1. The number of anilines is 1. The number of nitro benzene ring substituents is 1. The highest BCUT2D eigenvalue weighted by Gasteiger charge is 2.18. The van der Waals surface area contributed by atoms with Crippen LogP contribution in [0.2, 0.25) is 0 Å². The lowest BCUT2D eigenvalue weighted by atomic mass is 10.1. The number of benzene rings is 1. The van der Waals surface area contributed by atoms with E-state index in [1.54, 1.807) is 30.3 Å². The molecule has 1 aromatic carbocycles. The van der Waals surface area contributed by atoms with E-state index in [1.165, 1.54) is 6.07 Å². The van der Waals surface area contributed by atoms with Gasteiger partial charge < -0.3 is 10.0 Å². The Morgan fingerprint density at radius 1 is 1.35 bits per heavy atom. The van der Waals surface area contributed by atoms with Crippen molar-refractivity contribution in [2.45, 2.75) is 13.2 Å². The van der Waals surface area contributed by atoms with Crippen LogP contribution in [0.25, 0.3) is 0 Å². The molecule has 0 aliphatic rings. The third kappa shape index (κ3) is 3.10. The summed E-state index contributed by atoms with van der Waals surface area (Å²) in [5.74, 6) is 0. The molecule has 0 unspecified atom stereocenters. The van der Waals surface area contributed by atoms with Gasteiger partial charge in [-0.05, 0) is 23.8 Å². The molecule has 0 aliphatic carbocycles. The third-order valence-corrected chi connectivity index (χ3v) is 2.96. The van der Waals surface area contributed by atoms with Crippen LogP contribution in [-0.4, -0.2) is 22.1 Å². The zero-order valence-electron chi connectivity index (χ0n) is 11.1. The molecular formula is C14H15N3O3. The van der Waals surface area contributed by atoms with Gasteiger partial charge in [-0.2, -0.15) is 0 Å². The van der Waals surface area contributed by atoms with Gasteiger partial charge in [0.15, 0.2) is 0 Å². The molecule has 0 atom stereocenters. The normalized spacial score (nSPS) is 10.3. The fraction of sp³-hybridized carbons (Fsp3) is 0.214. The number of rotatable bonds is 5. The molecule has 0 aliphatic heterocycles. The Bertz CT molecular complexity index is 602. The van der Waals surface area contributed by atoms with Gasteiger partial charge in [0, 0.05) is 19.3 Å². The molecule has 1 N–H and O–H groups in total. The van der Waals surface area contributed by atoms with E-state index in [0.717, 1.165) is 5.69 Å². The molecule has 6 nitrogen and oxygen atoms in total. The first-order chi connectivity index (χ1) is 9.61. The first kappa shape index (κ1) is 14.0. The average Bonchev–Trinajstić information content (AvgIpc) is 2.47. The van der Waals surface area contributed by atoms with E-state index in [9.17, 15) is 10.1 Å². The minimum absolute atomic E-state index is 0.0185. The summed E-state index contributed by atoms with van der Waals surface area (Å²) in [4.78, 5) is 16.7. The molecule has 0 saturated heterocycles. The van der Waals surface area contributed by atoms with Crippen molar-refractivity contribution in [2.24, 2.45) is 0 Å². The molecule has 0 radical (unpaired) electrons. The molecule has 0 saturated carbocycles. The molecule has 0 fully saturated rings. The summed E-state index contributed by atoms with van der Waals surface area (Å²) < 4.78 is 0. The van der Waals surface area contributed by atoms with Crippen molar-refractivity contribution in [1.82, 2.24) is 4.98 Å². The maximum Gasteiger partial charge on any atom is 0.292 e. The highest BCUT2D eigenvalue weighted by Crippen LogP contribution is 2.29. The standard InChI is InChI=1S/C14H15N3O3/c1-16(9-12-4-2-3-7-15-12)13-6-5-11(10-18)8-14(13)17(19)20/h2-8,18H,9-10H2,1H3. The van der Waals surface area contributed by atoms with Gasteiger partial charge in [0.2, 0.25) is 0 Å². The van der Waals surface area contributed by atoms with Crippen LogP contribution in [0.5, 0.6) is 0 Å². The van der Waals surface area contributed by atoms with Crippen LogP contribution in [-0.2, 0) is 13.2 Å². The van der Waals surface area contributed by atoms with Crippen molar-refractivity contribution >= 4 is 11.4 Å². The summed E-state index contributed by atoms with van der Waals surface area (Å²) in [6, 6.07) is 10.3. The van der Waals surface area contributed by atoms with Gasteiger partial charge in [-0.3, -0.25) is 15.1 Å². The predicted molar refractivity (Wildman–Crippen MR) is 75.4 cm³/mol. The fourth-order valence-electron chi connectivity index (χ4n) is 1.96. The molecule has 2 aromatic rings. The first-order valence-electron chi connectivity index (χ1n) is 6.11. The van der Waals surface area contributed by atoms with Crippen LogP contribution in [0.15, 0.2) is 42.6 Å². The van der Waals surface area contributed by atoms with Crippen molar-refractivity contribution in [3.63, 3.8) is 0 Å². The predicted octanol–water partition coefficient (Wildman–Crippen LogP) is 2.12. The van der Waals surface area contributed by atoms with E-state index >= 15 is 0 Å². The van der Waals surface area contributed by atoms with Gasteiger partial charge in [0.05, 0.1) is 23.8 Å². The zero-order chi connectivity index (χ0) is 14.5. The van der Waals surface area contributed by atoms with Crippen LogP contribution in [0.4, 0.5) is 11.4 Å². The quantitative estimate of drug-likeness (QED) is 0.666. The van der Waals surface area contributed by atoms with Gasteiger partial charge in [-0.25, -0.2) is 0 Å². The second-order valence-electron chi connectivity index (χ2n) is 4.42. The van der Waals surface area contributed by atoms with E-state index in [4.69, 9.17) is 5.11 Å². The van der Waals surface area contributed by atoms with E-state index in [1.807, 2.05) is 18.2 Å². The molecule has 0 amide bonds. The monoisotopic (exact) mass is 273 g/mol. The molecule has 104 valence electrons. The van der Waals surface area contributed by atoms with Gasteiger partial charge >= 0.3 is 0 Å². The minimum Gasteiger partial charge on any atom is -0.392 e. The Labute approximate surface area is 116 Å². The van der Waals surface area contributed by atoms with E-state index in [2.05, 4.69) is 4.98 Å². The van der Waals surface area contributed by atoms with Crippen molar-refractivity contribution in [2.75, 3.05) is 11.9 Å². The molecule has 6 heteroatoms. The van der Waals surface area contributed by atoms with Gasteiger partial charge in [0.25, 0.3) is 5.69 Å². The van der Waals surface area contributed by atoms with E-state index < -0.39 is 4.92 Å². The maximum atomic E-state index is 11.1. The lowest BCUT2D eigenvalue weighted by Gasteiger charge is -2.19. The Morgan fingerprint density at radius 3 is 2.75 bits per heavy atom. The molecule has 0 bridgehead atoms. The number of aromatic nitrogens is 1. The summed E-state index contributed by atoms with van der Waals surface area (Å²) in [6.45, 7) is 0.255. The molecule has 1 aromatic heterocycles. The summed E-state index contributed by atoms with van der Waals surface area (Å²) >= 11 is 0. The van der Waals surface area contributed by atoms with Crippen LogP contribution >= 0.6 is 0 Å². The van der Waals surface area contributed by atoms with Gasteiger partial charge in [-0.1, -0.05) is 12.1 Å². The Morgan fingerprint density at radius 2 is 2.15 bits per heavy atom. The summed E-state index contributed by atoms with van der Waals surface area (Å²) in [5.41, 5.74) is 1.83. The van der Waals surface area contributed by atoms with E-state index in [0.29, 0.717) is 17.8 Å². The number of hydrogen-bond acceptors (Lipinski definition) is 5. The Hall–Kier alpha value is -2.47. The van der Waals surface area contributed by atoms with Crippen LogP contribution < -0.4 is 4.90 Å². The zero-order valence-corrected chi connectivity index (χ0v) is 11.1. The highest BCUT2D eigenvalue weighted by atomic mass is 16.6. The second kappa shape index (κ2) is 6.12. The summed E-state index contributed by atoms with van der Waals surface area (Å²) in [7, 11) is 1.77. The van der Waals surface area contributed by atoms with Crippen molar-refractivity contribution in [3.8, 4) is 0 Å². The van der Waals surface area contributed by atoms with Crippen LogP contribution in [0.3, 0.4) is 0 Å². The van der Waals surface area contributed by atoms with Crippen molar-refractivity contribution < 1.29 is 10.0 Å². The lowest BCUT2D eigenvalue weighted by molar-refractivity contribution is -0.384. The molecule has 20 heavy (non-hydrogen) atoms. The summed E-state index contributed by atoms with van der Waals surface area (Å²) in [5, 5.41) is 20.2. The topological polar surface area (TPSA) is 79.5 Å². The fourth-order valence-corrected chi connectivity index (χ4v) is 1.96. The lowest BCUT2D eigenvalue weighted by Crippen LogP contribution is -2.18. The SMILES string of the molecule is CN(Cc1ccccn1)c1ccc(CO)cc1[N+](=O)[O-].